The molecule has 1 amide bonds. The summed E-state index contributed by atoms with van der Waals surface area (Å²) >= 11 is 0. The Bertz CT molecular complexity index is 1150. The summed E-state index contributed by atoms with van der Waals surface area (Å²) in [7, 11) is 3.08. The fourth-order valence-corrected chi connectivity index (χ4v) is 4.00. The van der Waals surface area contributed by atoms with Crippen molar-refractivity contribution < 1.29 is 14.3 Å². The number of hydrogen-bond acceptors (Lipinski definition) is 6. The topological polar surface area (TPSA) is 85.7 Å². The molecule has 0 radical (unpaired) electrons. The number of aromatic nitrogens is 2. The minimum atomic E-state index is -0.322. The molecule has 34 heavy (non-hydrogen) atoms. The lowest BCUT2D eigenvalue weighted by molar-refractivity contribution is 0.0946. The first-order valence-corrected chi connectivity index (χ1v) is 11.8. The highest BCUT2D eigenvalue weighted by Crippen LogP contribution is 2.25. The Labute approximate surface area is 200 Å². The summed E-state index contributed by atoms with van der Waals surface area (Å²) in [5.74, 6) is 0.731. The van der Waals surface area contributed by atoms with Gasteiger partial charge in [0.2, 0.25) is 0 Å². The van der Waals surface area contributed by atoms with Gasteiger partial charge in [-0.05, 0) is 45.0 Å². The Morgan fingerprint density at radius 1 is 0.971 bits per heavy atom. The largest absolute Gasteiger partial charge is 0.497 e. The Morgan fingerprint density at radius 3 is 2.18 bits per heavy atom. The zero-order chi connectivity index (χ0) is 24.5. The monoisotopic (exact) mass is 466 g/mol. The molecule has 0 unspecified atom stereocenters. The Morgan fingerprint density at radius 2 is 1.59 bits per heavy atom. The lowest BCUT2D eigenvalue weighted by Crippen LogP contribution is -2.33. The minimum Gasteiger partial charge on any atom is -0.497 e. The van der Waals surface area contributed by atoms with Crippen LogP contribution in [0.4, 0.5) is 0 Å². The number of nitrogens with one attached hydrogen (secondary N) is 1. The van der Waals surface area contributed by atoms with Crippen molar-refractivity contribution in [3.05, 3.63) is 58.5 Å². The molecular formula is C26H34N4O4. The molecule has 1 N–H and O–H groups in total. The lowest BCUT2D eigenvalue weighted by Gasteiger charge is -2.20. The summed E-state index contributed by atoms with van der Waals surface area (Å²) in [6.45, 7) is 7.93. The molecule has 3 aromatic rings. The molecule has 0 saturated heterocycles. The van der Waals surface area contributed by atoms with Crippen LogP contribution in [0.3, 0.4) is 0 Å². The first-order chi connectivity index (χ1) is 16.5. The van der Waals surface area contributed by atoms with E-state index in [1.54, 1.807) is 42.5 Å². The highest BCUT2D eigenvalue weighted by Gasteiger charge is 2.18. The van der Waals surface area contributed by atoms with Crippen LogP contribution in [0.25, 0.3) is 16.5 Å². The number of rotatable bonds is 12. The number of fused-ring (bicyclic) bond motifs is 1. The van der Waals surface area contributed by atoms with Crippen molar-refractivity contribution in [2.75, 3.05) is 40.4 Å². The average molecular weight is 467 g/mol. The number of carbonyl (C=O) groups is 1. The van der Waals surface area contributed by atoms with Crippen molar-refractivity contribution in [3.63, 3.8) is 0 Å². The van der Waals surface area contributed by atoms with E-state index < -0.39 is 0 Å². The highest BCUT2D eigenvalue weighted by molar-refractivity contribution is 6.04. The van der Waals surface area contributed by atoms with Crippen LogP contribution in [0.15, 0.2) is 47.3 Å². The van der Waals surface area contributed by atoms with E-state index in [0.29, 0.717) is 34.5 Å². The first-order valence-electron chi connectivity index (χ1n) is 11.8. The maximum atomic E-state index is 13.2. The molecule has 0 atom stereocenters. The van der Waals surface area contributed by atoms with Gasteiger partial charge in [0.15, 0.2) is 5.69 Å². The van der Waals surface area contributed by atoms with Crippen molar-refractivity contribution >= 4 is 16.7 Å². The van der Waals surface area contributed by atoms with Crippen molar-refractivity contribution in [2.45, 2.75) is 33.1 Å². The van der Waals surface area contributed by atoms with Crippen molar-refractivity contribution in [3.8, 4) is 17.2 Å². The Hall–Kier alpha value is -3.39. The number of carbonyl (C=O) groups excluding carboxylic acids is 1. The predicted octanol–water partition coefficient (Wildman–Crippen LogP) is 3.64. The third-order valence-corrected chi connectivity index (χ3v) is 5.62. The zero-order valence-corrected chi connectivity index (χ0v) is 20.5. The van der Waals surface area contributed by atoms with Crippen LogP contribution in [-0.4, -0.2) is 61.0 Å². The van der Waals surface area contributed by atoms with E-state index in [2.05, 4.69) is 29.2 Å². The second-order valence-corrected chi connectivity index (χ2v) is 8.13. The lowest BCUT2D eigenvalue weighted by atomic mass is 10.1. The van der Waals surface area contributed by atoms with Crippen LogP contribution in [0.2, 0.25) is 0 Å². The average Bonchev–Trinajstić information content (AvgIpc) is 2.86. The molecule has 0 aliphatic carbocycles. The van der Waals surface area contributed by atoms with Crippen molar-refractivity contribution in [1.82, 2.24) is 20.0 Å². The minimum absolute atomic E-state index is 0.205. The van der Waals surface area contributed by atoms with Crippen LogP contribution in [0.1, 0.15) is 43.6 Å². The molecule has 0 aliphatic rings. The summed E-state index contributed by atoms with van der Waals surface area (Å²) in [5, 5.41) is 8.39. The van der Waals surface area contributed by atoms with Gasteiger partial charge >= 0.3 is 0 Å². The van der Waals surface area contributed by atoms with E-state index in [-0.39, 0.29) is 17.2 Å². The quantitative estimate of drug-likeness (QED) is 0.410. The standard InChI is InChI=1S/C26H34N4O4/c1-5-13-29(14-6-2)15-9-12-27-25(31)24-22-10-7-8-11-23(22)26(32)30(28-24)19-16-20(33-3)18-21(17-19)34-4/h7-8,10-11,16-18H,5-6,9,12-15H2,1-4H3,(H,27,31). The van der Waals surface area contributed by atoms with E-state index in [9.17, 15) is 9.59 Å². The second-order valence-electron chi connectivity index (χ2n) is 8.13. The van der Waals surface area contributed by atoms with E-state index >= 15 is 0 Å². The number of nitrogens with zero attached hydrogens (tertiary/aromatic N) is 3. The normalized spacial score (nSPS) is 11.1. The number of benzene rings is 2. The van der Waals surface area contributed by atoms with E-state index in [1.807, 2.05) is 0 Å². The fraction of sp³-hybridized carbons (Fsp3) is 0.423. The van der Waals surface area contributed by atoms with Crippen LogP contribution in [0, 0.1) is 0 Å². The van der Waals surface area contributed by atoms with Crippen LogP contribution in [-0.2, 0) is 0 Å². The smallest absolute Gasteiger partial charge is 0.279 e. The molecule has 0 aliphatic heterocycles. The maximum Gasteiger partial charge on any atom is 0.279 e. The van der Waals surface area contributed by atoms with Gasteiger partial charge in [-0.3, -0.25) is 9.59 Å². The van der Waals surface area contributed by atoms with Crippen molar-refractivity contribution in [2.24, 2.45) is 0 Å². The van der Waals surface area contributed by atoms with Crippen molar-refractivity contribution in [1.29, 1.82) is 0 Å². The Kier molecular flexibility index (Phi) is 9.04. The molecule has 8 nitrogen and oxygen atoms in total. The van der Waals surface area contributed by atoms with Crippen LogP contribution < -0.4 is 20.3 Å². The molecule has 182 valence electrons. The fourth-order valence-electron chi connectivity index (χ4n) is 4.00. The summed E-state index contributed by atoms with van der Waals surface area (Å²) in [6, 6.07) is 12.1. The molecule has 3 rings (SSSR count). The van der Waals surface area contributed by atoms with Gasteiger partial charge in [-0.25, -0.2) is 0 Å². The van der Waals surface area contributed by atoms with Gasteiger partial charge in [-0.2, -0.15) is 9.78 Å². The molecule has 0 saturated carbocycles. The third kappa shape index (κ3) is 5.94. The Balaban J connectivity index is 1.90. The molecular weight excluding hydrogens is 432 g/mol. The SMILES string of the molecule is CCCN(CCC)CCCNC(=O)c1nn(-c2cc(OC)cc(OC)c2)c(=O)c2ccccc12. The second kappa shape index (κ2) is 12.2. The first kappa shape index (κ1) is 25.2. The predicted molar refractivity (Wildman–Crippen MR) is 134 cm³/mol. The van der Waals surface area contributed by atoms with Gasteiger partial charge < -0.3 is 19.7 Å². The van der Waals surface area contributed by atoms with Gasteiger partial charge in [0.1, 0.15) is 11.5 Å². The van der Waals surface area contributed by atoms with Gasteiger partial charge in [-0.1, -0.05) is 32.0 Å². The van der Waals surface area contributed by atoms with Crippen LogP contribution in [0.5, 0.6) is 11.5 Å². The highest BCUT2D eigenvalue weighted by atomic mass is 16.5. The summed E-state index contributed by atoms with van der Waals surface area (Å²) in [5.41, 5.74) is 0.337. The summed E-state index contributed by atoms with van der Waals surface area (Å²) < 4.78 is 11.9. The molecule has 1 aromatic heterocycles. The van der Waals surface area contributed by atoms with E-state index in [4.69, 9.17) is 9.47 Å². The third-order valence-electron chi connectivity index (χ3n) is 5.62. The molecule has 2 aromatic carbocycles. The molecule has 8 heteroatoms. The van der Waals surface area contributed by atoms with E-state index in [1.165, 1.54) is 18.9 Å². The maximum absolute atomic E-state index is 13.2. The molecule has 0 spiro atoms. The molecule has 0 fully saturated rings. The van der Waals surface area contributed by atoms with Crippen LogP contribution >= 0.6 is 0 Å². The van der Waals surface area contributed by atoms with Gasteiger partial charge in [-0.15, -0.1) is 0 Å². The molecule has 1 heterocycles. The van der Waals surface area contributed by atoms with E-state index in [0.717, 1.165) is 38.9 Å². The molecule has 0 bridgehead atoms. The zero-order valence-electron chi connectivity index (χ0n) is 20.5. The van der Waals surface area contributed by atoms with Gasteiger partial charge in [0, 0.05) is 30.1 Å². The number of amides is 1. The number of methoxy groups -OCH3 is 2. The summed E-state index contributed by atoms with van der Waals surface area (Å²) in [6.07, 6.45) is 3.06. The van der Waals surface area contributed by atoms with Gasteiger partial charge in [0.25, 0.3) is 11.5 Å². The number of hydrogen-bond donors (Lipinski definition) is 1. The summed E-state index contributed by atoms with van der Waals surface area (Å²) in [4.78, 5) is 28.8. The van der Waals surface area contributed by atoms with Gasteiger partial charge in [0.05, 0.1) is 25.3 Å². The number of ether oxygens (including phenoxy) is 2.